The van der Waals surface area contributed by atoms with E-state index in [0.29, 0.717) is 20.6 Å². The van der Waals surface area contributed by atoms with Crippen LogP contribution in [0.3, 0.4) is 0 Å². The average molecular weight is 525 g/mol. The number of rotatable bonds is 6. The summed E-state index contributed by atoms with van der Waals surface area (Å²) in [7, 11) is 0. The molecule has 1 aliphatic rings. The molecule has 0 aliphatic heterocycles. The van der Waals surface area contributed by atoms with Gasteiger partial charge in [-0.05, 0) is 59.5 Å². The molecule has 0 spiro atoms. The van der Waals surface area contributed by atoms with Crippen LogP contribution in [-0.4, -0.2) is 45.3 Å². The maximum atomic E-state index is 12.7. The van der Waals surface area contributed by atoms with Crippen molar-refractivity contribution >= 4 is 39.3 Å². The molecule has 1 aliphatic carbocycles. The van der Waals surface area contributed by atoms with E-state index in [1.807, 2.05) is 13.0 Å². The standard InChI is InChI=1S/C22H20BrF3N4O3/c1-12-8-13(2-5-16(12)20(31)28-15-3-4-15)18-10-27-19-17(9-14(23)11-30(18)19)29(21(32)33)7-6-22(24,25)26/h2,5,8-11,15H,3-4,6-7H2,1H3,(H,28,31)(H,32,33). The van der Waals surface area contributed by atoms with E-state index in [4.69, 9.17) is 0 Å². The van der Waals surface area contributed by atoms with Gasteiger partial charge in [0.25, 0.3) is 5.91 Å². The number of anilines is 1. The third-order valence-electron chi connectivity index (χ3n) is 5.37. The number of nitrogens with zero attached hydrogens (tertiary/aromatic N) is 3. The molecule has 174 valence electrons. The van der Waals surface area contributed by atoms with Gasteiger partial charge in [0.2, 0.25) is 0 Å². The van der Waals surface area contributed by atoms with E-state index in [1.165, 1.54) is 12.3 Å². The Balaban J connectivity index is 1.72. The Hall–Kier alpha value is -3.08. The number of fused-ring (bicyclic) bond motifs is 1. The molecule has 1 saturated carbocycles. The van der Waals surface area contributed by atoms with Crippen LogP contribution in [0.15, 0.2) is 41.1 Å². The molecular weight excluding hydrogens is 505 g/mol. The lowest BCUT2D eigenvalue weighted by molar-refractivity contribution is -0.132. The quantitative estimate of drug-likeness (QED) is 0.451. The van der Waals surface area contributed by atoms with E-state index in [-0.39, 0.29) is 23.3 Å². The van der Waals surface area contributed by atoms with Crippen LogP contribution in [0.2, 0.25) is 0 Å². The molecule has 0 unspecified atom stereocenters. The summed E-state index contributed by atoms with van der Waals surface area (Å²) in [6, 6.07) is 6.96. The first-order chi connectivity index (χ1) is 15.5. The van der Waals surface area contributed by atoms with E-state index in [9.17, 15) is 27.9 Å². The number of carboxylic acid groups (broad SMARTS) is 1. The number of nitrogens with one attached hydrogen (secondary N) is 1. The highest BCUT2D eigenvalue weighted by molar-refractivity contribution is 9.10. The summed E-state index contributed by atoms with van der Waals surface area (Å²) in [6.45, 7) is 1.07. The third-order valence-corrected chi connectivity index (χ3v) is 5.81. The number of imidazole rings is 1. The van der Waals surface area contributed by atoms with Gasteiger partial charge < -0.3 is 10.4 Å². The lowest BCUT2D eigenvalue weighted by Gasteiger charge is -2.21. The lowest BCUT2D eigenvalue weighted by atomic mass is 10.0. The minimum Gasteiger partial charge on any atom is -0.465 e. The smallest absolute Gasteiger partial charge is 0.411 e. The van der Waals surface area contributed by atoms with Gasteiger partial charge in [0.05, 0.1) is 24.0 Å². The second-order valence-corrected chi connectivity index (χ2v) is 8.87. The van der Waals surface area contributed by atoms with Gasteiger partial charge in [-0.1, -0.05) is 6.07 Å². The second-order valence-electron chi connectivity index (χ2n) is 7.96. The highest BCUT2D eigenvalue weighted by Gasteiger charge is 2.31. The molecule has 33 heavy (non-hydrogen) atoms. The van der Waals surface area contributed by atoms with Crippen molar-refractivity contribution in [2.75, 3.05) is 11.4 Å². The van der Waals surface area contributed by atoms with Crippen molar-refractivity contribution in [3.8, 4) is 11.3 Å². The van der Waals surface area contributed by atoms with Crippen LogP contribution >= 0.6 is 15.9 Å². The molecule has 1 fully saturated rings. The van der Waals surface area contributed by atoms with E-state index in [1.54, 1.807) is 22.7 Å². The van der Waals surface area contributed by atoms with Gasteiger partial charge in [-0.15, -0.1) is 0 Å². The van der Waals surface area contributed by atoms with E-state index < -0.39 is 25.2 Å². The Labute approximate surface area is 195 Å². The van der Waals surface area contributed by atoms with Crippen LogP contribution in [0, 0.1) is 6.92 Å². The Morgan fingerprint density at radius 2 is 2.03 bits per heavy atom. The van der Waals surface area contributed by atoms with Crippen molar-refractivity contribution < 1.29 is 27.9 Å². The summed E-state index contributed by atoms with van der Waals surface area (Å²) >= 11 is 3.31. The van der Waals surface area contributed by atoms with Crippen LogP contribution in [0.25, 0.3) is 16.9 Å². The predicted molar refractivity (Wildman–Crippen MR) is 120 cm³/mol. The van der Waals surface area contributed by atoms with Crippen LogP contribution in [0.4, 0.5) is 23.7 Å². The van der Waals surface area contributed by atoms with Crippen molar-refractivity contribution in [2.45, 2.75) is 38.4 Å². The maximum Gasteiger partial charge on any atom is 0.411 e. The molecule has 2 heterocycles. The highest BCUT2D eigenvalue weighted by atomic mass is 79.9. The molecule has 2 amide bonds. The minimum atomic E-state index is -4.50. The molecule has 0 bridgehead atoms. The number of benzene rings is 1. The summed E-state index contributed by atoms with van der Waals surface area (Å²) in [5.74, 6) is -0.133. The number of aromatic nitrogens is 2. The molecule has 0 saturated heterocycles. The monoisotopic (exact) mass is 524 g/mol. The fourth-order valence-corrected chi connectivity index (χ4v) is 4.00. The van der Waals surface area contributed by atoms with Crippen molar-refractivity contribution in [1.82, 2.24) is 14.7 Å². The summed E-state index contributed by atoms with van der Waals surface area (Å²) < 4.78 is 40.3. The summed E-state index contributed by atoms with van der Waals surface area (Å²) in [4.78, 5) is 29.1. The van der Waals surface area contributed by atoms with Gasteiger partial charge in [0.15, 0.2) is 5.65 Å². The van der Waals surface area contributed by atoms with Crippen molar-refractivity contribution in [3.63, 3.8) is 0 Å². The lowest BCUT2D eigenvalue weighted by Crippen LogP contribution is -2.33. The Morgan fingerprint density at radius 3 is 2.64 bits per heavy atom. The Morgan fingerprint density at radius 1 is 1.30 bits per heavy atom. The van der Waals surface area contributed by atoms with Gasteiger partial charge in [-0.25, -0.2) is 9.78 Å². The van der Waals surface area contributed by atoms with E-state index in [2.05, 4.69) is 26.2 Å². The minimum absolute atomic E-state index is 0.0320. The first-order valence-corrected chi connectivity index (χ1v) is 11.0. The Bertz CT molecular complexity index is 1240. The number of hydrogen-bond donors (Lipinski definition) is 2. The third kappa shape index (κ3) is 5.13. The van der Waals surface area contributed by atoms with Gasteiger partial charge in [0.1, 0.15) is 0 Å². The average Bonchev–Trinajstić information content (AvgIpc) is 3.42. The van der Waals surface area contributed by atoms with Gasteiger partial charge in [0, 0.05) is 34.4 Å². The fraction of sp³-hybridized carbons (Fsp3) is 0.318. The molecule has 3 aromatic rings. The number of amides is 2. The summed E-state index contributed by atoms with van der Waals surface area (Å²) in [5.41, 5.74) is 2.88. The van der Waals surface area contributed by atoms with E-state index >= 15 is 0 Å². The zero-order valence-corrected chi connectivity index (χ0v) is 19.1. The summed E-state index contributed by atoms with van der Waals surface area (Å²) in [5, 5.41) is 12.5. The Kier molecular flexibility index (Phi) is 6.08. The van der Waals surface area contributed by atoms with Crippen LogP contribution in [-0.2, 0) is 0 Å². The molecule has 4 rings (SSSR count). The predicted octanol–water partition coefficient (Wildman–Crippen LogP) is 5.40. The van der Waals surface area contributed by atoms with Gasteiger partial charge in [-0.3, -0.25) is 14.1 Å². The van der Waals surface area contributed by atoms with E-state index in [0.717, 1.165) is 24.0 Å². The molecule has 7 nitrogen and oxygen atoms in total. The van der Waals surface area contributed by atoms with Gasteiger partial charge in [-0.2, -0.15) is 13.2 Å². The SMILES string of the molecule is Cc1cc(-c2cnc3c(N(CCC(F)(F)F)C(=O)O)cc(Br)cn23)ccc1C(=O)NC1CC1. The highest BCUT2D eigenvalue weighted by Crippen LogP contribution is 2.32. The largest absolute Gasteiger partial charge is 0.465 e. The molecule has 2 N–H and O–H groups in total. The molecular formula is C22H20BrF3N4O3. The number of carbonyl (C=O) groups excluding carboxylic acids is 1. The molecule has 1 aromatic carbocycles. The van der Waals surface area contributed by atoms with Crippen LogP contribution in [0.1, 0.15) is 35.2 Å². The molecule has 11 heteroatoms. The van der Waals surface area contributed by atoms with Crippen molar-refractivity contribution in [2.24, 2.45) is 0 Å². The summed E-state index contributed by atoms with van der Waals surface area (Å²) in [6.07, 6.45) is -2.14. The number of aryl methyl sites for hydroxylation is 1. The normalized spacial score (nSPS) is 13.8. The number of hydrogen-bond acceptors (Lipinski definition) is 3. The number of halogens is 4. The van der Waals surface area contributed by atoms with Crippen molar-refractivity contribution in [3.05, 3.63) is 52.3 Å². The zero-order valence-electron chi connectivity index (χ0n) is 17.5. The van der Waals surface area contributed by atoms with Crippen LogP contribution < -0.4 is 10.2 Å². The molecule has 0 radical (unpaired) electrons. The number of alkyl halides is 3. The maximum absolute atomic E-state index is 12.7. The van der Waals surface area contributed by atoms with Crippen LogP contribution in [0.5, 0.6) is 0 Å². The molecule has 0 atom stereocenters. The first-order valence-electron chi connectivity index (χ1n) is 10.2. The van der Waals surface area contributed by atoms with Gasteiger partial charge >= 0.3 is 12.3 Å². The fourth-order valence-electron chi connectivity index (χ4n) is 3.58. The zero-order chi connectivity index (χ0) is 23.9. The second kappa shape index (κ2) is 8.69. The number of pyridine rings is 1. The van der Waals surface area contributed by atoms with Crippen molar-refractivity contribution in [1.29, 1.82) is 0 Å². The molecule has 2 aromatic heterocycles. The number of carbonyl (C=O) groups is 2. The first kappa shape index (κ1) is 23.1. The topological polar surface area (TPSA) is 86.9 Å².